The van der Waals surface area contributed by atoms with Crippen LogP contribution in [0.15, 0.2) is 61.1 Å². The van der Waals surface area contributed by atoms with Crippen molar-refractivity contribution in [3.63, 3.8) is 0 Å². The van der Waals surface area contributed by atoms with Gasteiger partial charge in [0.1, 0.15) is 6.10 Å². The van der Waals surface area contributed by atoms with E-state index in [1.807, 2.05) is 35.0 Å². The van der Waals surface area contributed by atoms with Crippen LogP contribution in [0.25, 0.3) is 0 Å². The summed E-state index contributed by atoms with van der Waals surface area (Å²) >= 11 is 0. The molecule has 6 nitrogen and oxygen atoms in total. The van der Waals surface area contributed by atoms with Crippen LogP contribution in [0.3, 0.4) is 0 Å². The lowest BCUT2D eigenvalue weighted by molar-refractivity contribution is -0.121. The fourth-order valence-electron chi connectivity index (χ4n) is 3.44. The number of hydrogen-bond acceptors (Lipinski definition) is 4. The molecule has 0 radical (unpaired) electrons. The van der Waals surface area contributed by atoms with Gasteiger partial charge in [0, 0.05) is 31.6 Å². The summed E-state index contributed by atoms with van der Waals surface area (Å²) in [5, 5.41) is 7.72. The van der Waals surface area contributed by atoms with E-state index in [9.17, 15) is 4.79 Å². The molecule has 144 valence electrons. The number of aromatic nitrogens is 3. The van der Waals surface area contributed by atoms with Crippen LogP contribution in [0.5, 0.6) is 0 Å². The zero-order chi connectivity index (χ0) is 19.2. The largest absolute Gasteiger partial charge is 0.370 e. The number of amides is 1. The number of benzene rings is 1. The zero-order valence-corrected chi connectivity index (χ0v) is 15.8. The lowest BCUT2D eigenvalue weighted by Gasteiger charge is -2.22. The first-order chi connectivity index (χ1) is 13.8. The Morgan fingerprint density at radius 3 is 2.86 bits per heavy atom. The van der Waals surface area contributed by atoms with Crippen LogP contribution in [0.2, 0.25) is 0 Å². The van der Waals surface area contributed by atoms with Gasteiger partial charge in [0.05, 0.1) is 18.8 Å². The third kappa shape index (κ3) is 4.64. The topological polar surface area (TPSA) is 69.0 Å². The first kappa shape index (κ1) is 18.4. The minimum atomic E-state index is -0.192. The maximum Gasteiger partial charge on any atom is 0.220 e. The number of aryl methyl sites for hydroxylation is 1. The van der Waals surface area contributed by atoms with Crippen molar-refractivity contribution in [1.29, 1.82) is 0 Å². The minimum Gasteiger partial charge on any atom is -0.370 e. The van der Waals surface area contributed by atoms with Crippen LogP contribution in [0.4, 0.5) is 0 Å². The molecule has 1 aromatic carbocycles. The van der Waals surface area contributed by atoms with Crippen LogP contribution < -0.4 is 5.32 Å². The van der Waals surface area contributed by atoms with Gasteiger partial charge in [-0.15, -0.1) is 0 Å². The Balaban J connectivity index is 1.33. The summed E-state index contributed by atoms with van der Waals surface area (Å²) in [5.41, 5.74) is 4.42. The van der Waals surface area contributed by atoms with Crippen LogP contribution in [0.1, 0.15) is 34.9 Å². The fraction of sp³-hybridized carbons (Fsp3) is 0.318. The molecule has 0 aliphatic carbocycles. The number of nitrogens with zero attached hydrogens (tertiary/aromatic N) is 3. The van der Waals surface area contributed by atoms with Gasteiger partial charge in [0.2, 0.25) is 5.91 Å². The zero-order valence-electron chi connectivity index (χ0n) is 15.8. The molecular formula is C22H24N4O2. The number of rotatable bonds is 7. The normalized spacial score (nSPS) is 15.8. The van der Waals surface area contributed by atoms with Crippen LogP contribution in [-0.2, 0) is 28.9 Å². The highest BCUT2D eigenvalue weighted by Crippen LogP contribution is 2.25. The standard InChI is InChI=1S/C22H24N4O2/c27-21(9-8-17-7-4-11-23-13-17)24-14-20-22-19(10-12-28-20)16-26(25-22)15-18-5-2-1-3-6-18/h1-7,11,13,16,20H,8-10,12,14-15H2,(H,24,27)/t20-/m0/s1. The van der Waals surface area contributed by atoms with E-state index < -0.39 is 0 Å². The third-order valence-electron chi connectivity index (χ3n) is 4.90. The Morgan fingerprint density at radius 1 is 1.18 bits per heavy atom. The van der Waals surface area contributed by atoms with Gasteiger partial charge < -0.3 is 10.1 Å². The summed E-state index contributed by atoms with van der Waals surface area (Å²) in [6, 6.07) is 14.1. The molecule has 1 aliphatic heterocycles. The van der Waals surface area contributed by atoms with Crippen molar-refractivity contribution in [1.82, 2.24) is 20.1 Å². The molecule has 0 unspecified atom stereocenters. The first-order valence-corrected chi connectivity index (χ1v) is 9.65. The van der Waals surface area contributed by atoms with Gasteiger partial charge >= 0.3 is 0 Å². The summed E-state index contributed by atoms with van der Waals surface area (Å²) in [6.07, 6.45) is 7.41. The molecular weight excluding hydrogens is 352 g/mol. The lowest BCUT2D eigenvalue weighted by Crippen LogP contribution is -2.32. The monoisotopic (exact) mass is 376 g/mol. The molecule has 4 rings (SSSR count). The molecule has 28 heavy (non-hydrogen) atoms. The number of ether oxygens (including phenoxy) is 1. The van der Waals surface area contributed by atoms with Crippen molar-refractivity contribution in [2.24, 2.45) is 0 Å². The predicted octanol–water partition coefficient (Wildman–Crippen LogP) is 2.69. The number of nitrogens with one attached hydrogen (secondary N) is 1. The SMILES string of the molecule is O=C(CCc1cccnc1)NC[C@@H]1OCCc2cn(Cc3ccccc3)nc21. The second kappa shape index (κ2) is 8.80. The van der Waals surface area contributed by atoms with Gasteiger partial charge in [0.25, 0.3) is 0 Å². The van der Waals surface area contributed by atoms with E-state index in [1.165, 1.54) is 11.1 Å². The maximum absolute atomic E-state index is 12.2. The lowest BCUT2D eigenvalue weighted by atomic mass is 10.1. The van der Waals surface area contributed by atoms with Crippen molar-refractivity contribution in [2.45, 2.75) is 31.9 Å². The molecule has 0 bridgehead atoms. The van der Waals surface area contributed by atoms with E-state index in [0.717, 1.165) is 24.2 Å². The van der Waals surface area contributed by atoms with Crippen LogP contribution in [0, 0.1) is 0 Å². The summed E-state index contributed by atoms with van der Waals surface area (Å²) in [6.45, 7) is 1.83. The van der Waals surface area contributed by atoms with E-state index in [-0.39, 0.29) is 12.0 Å². The van der Waals surface area contributed by atoms with E-state index >= 15 is 0 Å². The molecule has 0 spiro atoms. The Kier molecular flexibility index (Phi) is 5.77. The molecule has 1 amide bonds. The second-order valence-electron chi connectivity index (χ2n) is 7.00. The van der Waals surface area contributed by atoms with Gasteiger partial charge in [-0.2, -0.15) is 5.10 Å². The molecule has 3 heterocycles. The summed E-state index contributed by atoms with van der Waals surface area (Å²) in [5.74, 6) is 0.0169. The number of carbonyl (C=O) groups excluding carboxylic acids is 1. The average molecular weight is 376 g/mol. The highest BCUT2D eigenvalue weighted by molar-refractivity contribution is 5.76. The Labute approximate surface area is 164 Å². The fourth-order valence-corrected chi connectivity index (χ4v) is 3.44. The summed E-state index contributed by atoms with van der Waals surface area (Å²) in [7, 11) is 0. The molecule has 0 fully saturated rings. The van der Waals surface area contributed by atoms with Gasteiger partial charge in [-0.1, -0.05) is 36.4 Å². The highest BCUT2D eigenvalue weighted by atomic mass is 16.5. The smallest absolute Gasteiger partial charge is 0.220 e. The number of hydrogen-bond donors (Lipinski definition) is 1. The van der Waals surface area contributed by atoms with Crippen LogP contribution >= 0.6 is 0 Å². The minimum absolute atomic E-state index is 0.0169. The molecule has 1 aliphatic rings. The predicted molar refractivity (Wildman–Crippen MR) is 106 cm³/mol. The quantitative estimate of drug-likeness (QED) is 0.688. The molecule has 3 aromatic rings. The molecule has 0 saturated heterocycles. The van der Waals surface area contributed by atoms with E-state index in [4.69, 9.17) is 9.84 Å². The third-order valence-corrected chi connectivity index (χ3v) is 4.90. The number of fused-ring (bicyclic) bond motifs is 1. The maximum atomic E-state index is 12.2. The summed E-state index contributed by atoms with van der Waals surface area (Å²) in [4.78, 5) is 16.3. The van der Waals surface area contributed by atoms with E-state index in [0.29, 0.717) is 26.0 Å². The number of carbonyl (C=O) groups is 1. The van der Waals surface area contributed by atoms with Crippen molar-refractivity contribution in [2.75, 3.05) is 13.2 Å². The molecule has 2 aromatic heterocycles. The van der Waals surface area contributed by atoms with Gasteiger partial charge in [-0.3, -0.25) is 14.5 Å². The Bertz CT molecular complexity index is 909. The highest BCUT2D eigenvalue weighted by Gasteiger charge is 2.25. The van der Waals surface area contributed by atoms with E-state index in [1.54, 1.807) is 12.4 Å². The summed E-state index contributed by atoms with van der Waals surface area (Å²) < 4.78 is 7.84. The van der Waals surface area contributed by atoms with Gasteiger partial charge in [0.15, 0.2) is 0 Å². The van der Waals surface area contributed by atoms with Crippen molar-refractivity contribution < 1.29 is 9.53 Å². The van der Waals surface area contributed by atoms with Crippen molar-refractivity contribution in [3.05, 3.63) is 83.4 Å². The van der Waals surface area contributed by atoms with Crippen molar-refractivity contribution in [3.8, 4) is 0 Å². The molecule has 1 N–H and O–H groups in total. The van der Waals surface area contributed by atoms with Crippen molar-refractivity contribution >= 4 is 5.91 Å². The molecule has 0 saturated carbocycles. The van der Waals surface area contributed by atoms with E-state index in [2.05, 4.69) is 28.6 Å². The molecule has 1 atom stereocenters. The molecule has 6 heteroatoms. The van der Waals surface area contributed by atoms with Gasteiger partial charge in [-0.25, -0.2) is 0 Å². The Morgan fingerprint density at radius 2 is 2.04 bits per heavy atom. The average Bonchev–Trinajstić information content (AvgIpc) is 3.15. The number of pyridine rings is 1. The second-order valence-corrected chi connectivity index (χ2v) is 7.00. The van der Waals surface area contributed by atoms with Crippen LogP contribution in [-0.4, -0.2) is 33.8 Å². The van der Waals surface area contributed by atoms with Gasteiger partial charge in [-0.05, 0) is 35.6 Å². The first-order valence-electron chi connectivity index (χ1n) is 9.65. The Hall–Kier alpha value is -2.99.